The molecule has 222 valence electrons. The second-order valence-corrected chi connectivity index (χ2v) is 9.42. The van der Waals surface area contributed by atoms with Crippen LogP contribution in [0.3, 0.4) is 0 Å². The molecule has 4 rings (SSSR count). The molecule has 1 atom stereocenters. The zero-order valence-corrected chi connectivity index (χ0v) is 25.5. The first kappa shape index (κ1) is 32.4. The fraction of sp³-hybridized carbons (Fsp3) is 0.333. The Labute approximate surface area is 252 Å². The fourth-order valence-electron chi connectivity index (χ4n) is 4.94. The van der Waals surface area contributed by atoms with Gasteiger partial charge < -0.3 is 24.8 Å². The number of benzene rings is 3. The Morgan fingerprint density at radius 3 is 2.24 bits per heavy atom. The topological polar surface area (TPSA) is 129 Å². The molecule has 2 N–H and O–H groups in total. The van der Waals surface area contributed by atoms with Gasteiger partial charge in [-0.25, -0.2) is 4.79 Å². The highest BCUT2D eigenvalue weighted by Crippen LogP contribution is 2.44. The van der Waals surface area contributed by atoms with Crippen molar-refractivity contribution in [1.29, 1.82) is 0 Å². The van der Waals surface area contributed by atoms with E-state index in [-0.39, 0.29) is 54.2 Å². The minimum absolute atomic E-state index is 0.0903. The van der Waals surface area contributed by atoms with Crippen molar-refractivity contribution in [3.05, 3.63) is 87.5 Å². The lowest BCUT2D eigenvalue weighted by molar-refractivity contribution is -0.385. The highest BCUT2D eigenvalue weighted by atomic mass is 32.4. The van der Waals surface area contributed by atoms with E-state index in [2.05, 4.69) is 42.6 Å². The van der Waals surface area contributed by atoms with Crippen LogP contribution in [0.4, 0.5) is 10.5 Å². The SMILES string of the molecule is CCNC(=O)CCCOc1cc([N+](=O)[O-])c(C(C)NC(=O)OCC2c3ccccc3-c3ccccc32)cc1OC.P=S. The standard InChI is InChI=1S/C30H33N3O7.HPS/c1-4-31-29(34)14-9-15-39-28-17-26(33(36)37)24(16-27(28)38-3)19(2)32-30(35)40-18-25-22-12-7-5-10-20(22)21-11-6-8-13-23(21)25;1-2/h5-8,10-13,16-17,19,25H,4,9,14-15,18H2,1-3H3,(H,31,34)(H,32,35);1H. The molecule has 12 heteroatoms. The van der Waals surface area contributed by atoms with E-state index in [1.807, 2.05) is 43.3 Å². The largest absolute Gasteiger partial charge is 0.493 e. The number of carbonyl (C=O) groups is 2. The average Bonchev–Trinajstić information content (AvgIpc) is 3.32. The van der Waals surface area contributed by atoms with Crippen LogP contribution >= 0.6 is 8.02 Å². The van der Waals surface area contributed by atoms with Crippen LogP contribution in [0.5, 0.6) is 11.5 Å². The maximum atomic E-state index is 12.8. The molecule has 0 saturated carbocycles. The molecule has 0 bridgehead atoms. The maximum absolute atomic E-state index is 12.8. The van der Waals surface area contributed by atoms with Crippen molar-refractivity contribution in [3.8, 4) is 22.6 Å². The number of methoxy groups -OCH3 is 1. The first-order chi connectivity index (χ1) is 20.3. The summed E-state index contributed by atoms with van der Waals surface area (Å²) in [6.45, 7) is 4.32. The minimum atomic E-state index is -0.753. The van der Waals surface area contributed by atoms with E-state index in [1.54, 1.807) is 6.92 Å². The Hall–Kier alpha value is -4.08. The maximum Gasteiger partial charge on any atom is 0.407 e. The summed E-state index contributed by atoms with van der Waals surface area (Å²) in [5.74, 6) is 0.266. The second-order valence-electron chi connectivity index (χ2n) is 9.42. The normalized spacial score (nSPS) is 12.1. The van der Waals surface area contributed by atoms with Crippen LogP contribution in [0.25, 0.3) is 11.1 Å². The third-order valence-corrected chi connectivity index (χ3v) is 6.83. The highest BCUT2D eigenvalue weighted by Gasteiger charge is 2.30. The van der Waals surface area contributed by atoms with Gasteiger partial charge in [-0.15, -0.1) is 0 Å². The summed E-state index contributed by atoms with van der Waals surface area (Å²) in [4.78, 5) is 35.8. The number of nitrogens with one attached hydrogen (secondary N) is 2. The number of alkyl carbamates (subject to hydrolysis) is 1. The summed E-state index contributed by atoms with van der Waals surface area (Å²) in [5.41, 5.74) is 4.43. The van der Waals surface area contributed by atoms with Gasteiger partial charge in [-0.05, 0) is 56.6 Å². The van der Waals surface area contributed by atoms with Gasteiger partial charge in [-0.1, -0.05) is 60.3 Å². The predicted octanol–water partition coefficient (Wildman–Crippen LogP) is 6.09. The second kappa shape index (κ2) is 15.8. The molecule has 1 aliphatic rings. The minimum Gasteiger partial charge on any atom is -0.493 e. The van der Waals surface area contributed by atoms with Gasteiger partial charge in [0.2, 0.25) is 5.91 Å². The van der Waals surface area contributed by atoms with Crippen molar-refractivity contribution >= 4 is 37.5 Å². The van der Waals surface area contributed by atoms with Gasteiger partial charge in [0.15, 0.2) is 11.5 Å². The van der Waals surface area contributed by atoms with Crippen LogP contribution in [-0.2, 0) is 21.3 Å². The Kier molecular flexibility index (Phi) is 12.2. The lowest BCUT2D eigenvalue weighted by Crippen LogP contribution is -2.29. The van der Waals surface area contributed by atoms with Gasteiger partial charge in [0.05, 0.1) is 36.3 Å². The van der Waals surface area contributed by atoms with Gasteiger partial charge >= 0.3 is 6.09 Å². The van der Waals surface area contributed by atoms with Crippen LogP contribution in [0, 0.1) is 10.1 Å². The summed E-state index contributed by atoms with van der Waals surface area (Å²) in [6.07, 6.45) is 0.0233. The van der Waals surface area contributed by atoms with Crippen molar-refractivity contribution in [3.63, 3.8) is 0 Å². The van der Waals surface area contributed by atoms with Gasteiger partial charge in [0.1, 0.15) is 6.61 Å². The Morgan fingerprint density at radius 2 is 1.67 bits per heavy atom. The molecule has 3 aromatic carbocycles. The Bertz CT molecular complexity index is 1380. The smallest absolute Gasteiger partial charge is 0.407 e. The monoisotopic (exact) mass is 611 g/mol. The average molecular weight is 612 g/mol. The van der Waals surface area contributed by atoms with Crippen LogP contribution in [0.2, 0.25) is 0 Å². The molecular weight excluding hydrogens is 577 g/mol. The zero-order chi connectivity index (χ0) is 30.6. The molecule has 0 aliphatic heterocycles. The molecule has 0 aromatic heterocycles. The molecular formula is C30H34N3O7PS. The van der Waals surface area contributed by atoms with Crippen LogP contribution in [-0.4, -0.2) is 43.8 Å². The predicted molar refractivity (Wildman–Crippen MR) is 165 cm³/mol. The van der Waals surface area contributed by atoms with E-state index in [9.17, 15) is 19.7 Å². The number of nitro benzene ring substituents is 1. The lowest BCUT2D eigenvalue weighted by Gasteiger charge is -2.19. The molecule has 0 heterocycles. The van der Waals surface area contributed by atoms with Crippen LogP contribution < -0.4 is 20.1 Å². The quantitative estimate of drug-likeness (QED) is 0.109. The van der Waals surface area contributed by atoms with Crippen LogP contribution in [0.1, 0.15) is 55.3 Å². The number of amides is 2. The van der Waals surface area contributed by atoms with Gasteiger partial charge in [0.25, 0.3) is 5.69 Å². The molecule has 0 radical (unpaired) electrons. The molecule has 2 amide bonds. The first-order valence-electron chi connectivity index (χ1n) is 13.4. The summed E-state index contributed by atoms with van der Waals surface area (Å²) >= 11 is 3.89. The number of hydrogen-bond acceptors (Lipinski definition) is 8. The molecule has 0 spiro atoms. The number of fused-ring (bicyclic) bond motifs is 3. The fourth-order valence-corrected chi connectivity index (χ4v) is 4.94. The molecule has 1 aliphatic carbocycles. The number of rotatable bonds is 12. The van der Waals surface area contributed by atoms with Gasteiger partial charge in [-0.2, -0.15) is 0 Å². The molecule has 0 saturated heterocycles. The molecule has 42 heavy (non-hydrogen) atoms. The van der Waals surface area contributed by atoms with Gasteiger partial charge in [-0.3, -0.25) is 14.9 Å². The van der Waals surface area contributed by atoms with Crippen molar-refractivity contribution < 1.29 is 28.7 Å². The first-order valence-corrected chi connectivity index (χ1v) is 15.0. The summed E-state index contributed by atoms with van der Waals surface area (Å²) in [5, 5.41) is 17.3. The molecule has 1 unspecified atom stereocenters. The molecule has 3 aromatic rings. The third kappa shape index (κ3) is 7.80. The van der Waals surface area contributed by atoms with Crippen molar-refractivity contribution in [2.24, 2.45) is 0 Å². The summed E-state index contributed by atoms with van der Waals surface area (Å²) < 4.78 is 16.7. The number of nitro groups is 1. The molecule has 0 fully saturated rings. The van der Waals surface area contributed by atoms with E-state index in [0.717, 1.165) is 22.3 Å². The van der Waals surface area contributed by atoms with Crippen molar-refractivity contribution in [1.82, 2.24) is 10.6 Å². The van der Waals surface area contributed by atoms with Gasteiger partial charge in [0, 0.05) is 18.9 Å². The van der Waals surface area contributed by atoms with Crippen molar-refractivity contribution in [2.45, 2.75) is 38.6 Å². The lowest BCUT2D eigenvalue weighted by atomic mass is 9.98. The third-order valence-electron chi connectivity index (χ3n) is 6.83. The highest BCUT2D eigenvalue weighted by molar-refractivity contribution is 7.88. The van der Waals surface area contributed by atoms with Crippen molar-refractivity contribution in [2.75, 3.05) is 26.9 Å². The van der Waals surface area contributed by atoms with E-state index in [1.165, 1.54) is 19.2 Å². The number of nitrogens with zero attached hydrogens (tertiary/aromatic N) is 1. The molecule has 10 nitrogen and oxygen atoms in total. The van der Waals surface area contributed by atoms with E-state index in [0.29, 0.717) is 13.0 Å². The summed E-state index contributed by atoms with van der Waals surface area (Å²) in [7, 11) is 3.98. The van der Waals surface area contributed by atoms with E-state index in [4.69, 9.17) is 14.2 Å². The van der Waals surface area contributed by atoms with Crippen LogP contribution in [0.15, 0.2) is 60.7 Å². The van der Waals surface area contributed by atoms with E-state index < -0.39 is 17.1 Å². The zero-order valence-electron chi connectivity index (χ0n) is 23.7. The number of hydrogen-bond donors (Lipinski definition) is 2. The Morgan fingerprint density at radius 1 is 1.05 bits per heavy atom. The Balaban J connectivity index is 0.00000237. The van der Waals surface area contributed by atoms with E-state index >= 15 is 0 Å². The number of ether oxygens (including phenoxy) is 3. The summed E-state index contributed by atoms with van der Waals surface area (Å²) in [6, 6.07) is 18.1. The number of carbonyl (C=O) groups excluding carboxylic acids is 2.